The molecule has 1 unspecified atom stereocenters. The van der Waals surface area contributed by atoms with Crippen molar-refractivity contribution in [1.29, 1.82) is 0 Å². The van der Waals surface area contributed by atoms with Crippen molar-refractivity contribution in [3.63, 3.8) is 0 Å². The van der Waals surface area contributed by atoms with Gasteiger partial charge in [-0.1, -0.05) is 0 Å². The van der Waals surface area contributed by atoms with Gasteiger partial charge >= 0.3 is 5.69 Å². The molecule has 2 rings (SSSR count). The summed E-state index contributed by atoms with van der Waals surface area (Å²) < 4.78 is 2.42. The highest BCUT2D eigenvalue weighted by molar-refractivity contribution is 9.10. The van der Waals surface area contributed by atoms with Crippen LogP contribution in [-0.2, 0) is 11.8 Å². The fraction of sp³-hybridized carbons (Fsp3) is 0.333. The number of hydrogen-bond acceptors (Lipinski definition) is 5. The summed E-state index contributed by atoms with van der Waals surface area (Å²) in [4.78, 5) is 40.1. The Morgan fingerprint density at radius 1 is 1.50 bits per heavy atom. The summed E-state index contributed by atoms with van der Waals surface area (Å²) in [5, 5.41) is 10.9. The number of carboxylic acids is 1. The van der Waals surface area contributed by atoms with Crippen LogP contribution in [0.4, 0.5) is 0 Å². The van der Waals surface area contributed by atoms with Crippen LogP contribution in [0.3, 0.4) is 0 Å². The van der Waals surface area contributed by atoms with Crippen LogP contribution in [-0.4, -0.2) is 25.1 Å². The Labute approximate surface area is 108 Å². The van der Waals surface area contributed by atoms with Crippen molar-refractivity contribution in [2.75, 3.05) is 0 Å². The molecule has 0 aliphatic carbocycles. The number of nitrogens with one attached hydrogen (secondary N) is 1. The Bertz CT molecular complexity index is 756. The number of hydrogen-bond donors (Lipinski definition) is 1. The highest BCUT2D eigenvalue weighted by atomic mass is 79.9. The molecule has 8 nitrogen and oxygen atoms in total. The van der Waals surface area contributed by atoms with Gasteiger partial charge in [0.1, 0.15) is 0 Å². The molecule has 2 aromatic rings. The molecule has 9 heteroatoms. The van der Waals surface area contributed by atoms with E-state index < -0.39 is 23.3 Å². The predicted molar refractivity (Wildman–Crippen MR) is 63.0 cm³/mol. The molecule has 2 aromatic heterocycles. The monoisotopic (exact) mass is 315 g/mol. The van der Waals surface area contributed by atoms with Gasteiger partial charge < -0.3 is 14.5 Å². The van der Waals surface area contributed by atoms with Crippen molar-refractivity contribution in [1.82, 2.24) is 19.1 Å². The number of nitrogens with zero attached hydrogens (tertiary/aromatic N) is 3. The van der Waals surface area contributed by atoms with Crippen LogP contribution in [0.1, 0.15) is 13.0 Å². The highest BCUT2D eigenvalue weighted by Gasteiger charge is 2.19. The first-order chi connectivity index (χ1) is 8.34. The maximum atomic E-state index is 11.7. The number of aliphatic carboxylic acids is 1. The molecule has 0 fully saturated rings. The summed E-state index contributed by atoms with van der Waals surface area (Å²) in [7, 11) is 1.42. The predicted octanol–water partition coefficient (Wildman–Crippen LogP) is -1.50. The van der Waals surface area contributed by atoms with E-state index in [-0.39, 0.29) is 15.9 Å². The van der Waals surface area contributed by atoms with Gasteiger partial charge in [-0.15, -0.1) is 0 Å². The lowest BCUT2D eigenvalue weighted by atomic mass is 10.3. The molecule has 0 aromatic carbocycles. The van der Waals surface area contributed by atoms with Crippen LogP contribution in [0.2, 0.25) is 0 Å². The average Bonchev–Trinajstić information content (AvgIpc) is 2.63. The van der Waals surface area contributed by atoms with Crippen molar-refractivity contribution in [3.8, 4) is 0 Å². The summed E-state index contributed by atoms with van der Waals surface area (Å²) in [5.74, 6) is -1.36. The summed E-state index contributed by atoms with van der Waals surface area (Å²) in [6.07, 6.45) is 0. The zero-order valence-corrected chi connectivity index (χ0v) is 11.0. The first-order valence-electron chi connectivity index (χ1n) is 4.92. The summed E-state index contributed by atoms with van der Waals surface area (Å²) in [6, 6.07) is -1.09. The molecule has 0 radical (unpaired) electrons. The van der Waals surface area contributed by atoms with Crippen LogP contribution < -0.4 is 16.4 Å². The number of fused-ring (bicyclic) bond motifs is 1. The van der Waals surface area contributed by atoms with E-state index in [1.165, 1.54) is 14.0 Å². The Hall–Kier alpha value is -1.90. The number of rotatable bonds is 2. The van der Waals surface area contributed by atoms with Crippen LogP contribution in [0.5, 0.6) is 0 Å². The van der Waals surface area contributed by atoms with Crippen LogP contribution in [0, 0.1) is 0 Å². The average molecular weight is 316 g/mol. The molecule has 0 spiro atoms. The SMILES string of the molecule is CC(C(=O)[O-])n1c(Br)nc2c1c(=O)[nH]c(=O)n2C. The van der Waals surface area contributed by atoms with E-state index in [1.807, 2.05) is 0 Å². The number of H-pyrrole nitrogens is 1. The molecule has 1 N–H and O–H groups in total. The fourth-order valence-electron chi connectivity index (χ4n) is 1.63. The van der Waals surface area contributed by atoms with E-state index in [9.17, 15) is 19.5 Å². The number of aryl methyl sites for hydroxylation is 1. The zero-order valence-electron chi connectivity index (χ0n) is 9.43. The first-order valence-corrected chi connectivity index (χ1v) is 5.71. The number of carboxylic acid groups (broad SMARTS) is 1. The molecule has 0 saturated heterocycles. The quantitative estimate of drug-likeness (QED) is 0.677. The minimum absolute atomic E-state index is 0.000625. The molecule has 96 valence electrons. The maximum Gasteiger partial charge on any atom is 0.329 e. The Kier molecular flexibility index (Phi) is 2.85. The van der Waals surface area contributed by atoms with Gasteiger partial charge in [0.05, 0.1) is 12.0 Å². The number of aromatic amines is 1. The summed E-state index contributed by atoms with van der Waals surface area (Å²) >= 11 is 3.06. The number of imidazole rings is 1. The van der Waals surface area contributed by atoms with Gasteiger partial charge in [0.15, 0.2) is 15.9 Å². The van der Waals surface area contributed by atoms with Crippen molar-refractivity contribution in [2.24, 2.45) is 7.05 Å². The Morgan fingerprint density at radius 3 is 2.67 bits per heavy atom. The third kappa shape index (κ3) is 1.67. The number of carbonyl (C=O) groups excluding carboxylic acids is 1. The van der Waals surface area contributed by atoms with Gasteiger partial charge in [-0.25, -0.2) is 9.78 Å². The van der Waals surface area contributed by atoms with Crippen LogP contribution in [0.25, 0.3) is 11.2 Å². The zero-order chi connectivity index (χ0) is 13.6. The molecular formula is C9H8BrN4O4-. The van der Waals surface area contributed by atoms with E-state index in [2.05, 4.69) is 25.9 Å². The molecule has 0 aliphatic heterocycles. The number of carbonyl (C=O) groups is 1. The second-order valence-corrected chi connectivity index (χ2v) is 4.45. The number of halogens is 1. The molecule has 18 heavy (non-hydrogen) atoms. The second kappa shape index (κ2) is 4.09. The van der Waals surface area contributed by atoms with E-state index in [1.54, 1.807) is 0 Å². The molecule has 0 amide bonds. The lowest BCUT2D eigenvalue weighted by molar-refractivity contribution is -0.309. The molecule has 0 bridgehead atoms. The Balaban J connectivity index is 2.97. The first kappa shape index (κ1) is 12.6. The van der Waals surface area contributed by atoms with E-state index in [0.717, 1.165) is 9.13 Å². The molecule has 0 aliphatic rings. The van der Waals surface area contributed by atoms with Crippen molar-refractivity contribution in [2.45, 2.75) is 13.0 Å². The van der Waals surface area contributed by atoms with Gasteiger partial charge in [-0.05, 0) is 22.9 Å². The van der Waals surface area contributed by atoms with Gasteiger partial charge in [0.2, 0.25) is 0 Å². The number of aromatic nitrogens is 4. The van der Waals surface area contributed by atoms with E-state index in [4.69, 9.17) is 0 Å². The van der Waals surface area contributed by atoms with Gasteiger partial charge in [0, 0.05) is 7.05 Å². The van der Waals surface area contributed by atoms with Crippen LogP contribution in [0.15, 0.2) is 14.3 Å². The second-order valence-electron chi connectivity index (χ2n) is 3.74. The molecule has 2 heterocycles. The van der Waals surface area contributed by atoms with Gasteiger partial charge in [-0.3, -0.25) is 14.3 Å². The van der Waals surface area contributed by atoms with Gasteiger partial charge in [-0.2, -0.15) is 0 Å². The molecule has 0 saturated carbocycles. The van der Waals surface area contributed by atoms with Gasteiger partial charge in [0.25, 0.3) is 5.56 Å². The van der Waals surface area contributed by atoms with E-state index >= 15 is 0 Å². The Morgan fingerprint density at radius 2 is 2.11 bits per heavy atom. The largest absolute Gasteiger partial charge is 0.548 e. The fourth-order valence-corrected chi connectivity index (χ4v) is 2.29. The summed E-state index contributed by atoms with van der Waals surface area (Å²) in [5.41, 5.74) is -1.21. The molecule has 1 atom stereocenters. The van der Waals surface area contributed by atoms with Crippen molar-refractivity contribution in [3.05, 3.63) is 25.6 Å². The highest BCUT2D eigenvalue weighted by Crippen LogP contribution is 2.20. The minimum atomic E-state index is -1.36. The van der Waals surface area contributed by atoms with E-state index in [0.29, 0.717) is 0 Å². The standard InChI is InChI=1S/C9H9BrN4O4/c1-3(7(16)17)14-4-5(11-8(14)10)13(2)9(18)12-6(4)15/h3H,1-2H3,(H,16,17)(H,12,15,18)/p-1. The van der Waals surface area contributed by atoms with Crippen LogP contribution >= 0.6 is 15.9 Å². The lowest BCUT2D eigenvalue weighted by Gasteiger charge is -2.15. The normalized spacial score (nSPS) is 12.8. The third-order valence-electron chi connectivity index (χ3n) is 2.64. The maximum absolute atomic E-state index is 11.7. The minimum Gasteiger partial charge on any atom is -0.548 e. The topological polar surface area (TPSA) is 113 Å². The lowest BCUT2D eigenvalue weighted by Crippen LogP contribution is -2.34. The third-order valence-corrected chi connectivity index (χ3v) is 3.20. The van der Waals surface area contributed by atoms with Crippen molar-refractivity contribution >= 4 is 33.1 Å². The smallest absolute Gasteiger partial charge is 0.329 e. The van der Waals surface area contributed by atoms with Crippen molar-refractivity contribution < 1.29 is 9.90 Å². The summed E-state index contributed by atoms with van der Waals surface area (Å²) in [6.45, 7) is 1.35. The molecular weight excluding hydrogens is 308 g/mol.